The summed E-state index contributed by atoms with van der Waals surface area (Å²) in [5, 5.41) is 11.3. The number of rotatable bonds is 1. The van der Waals surface area contributed by atoms with Gasteiger partial charge in [0.1, 0.15) is 18.5 Å². The van der Waals surface area contributed by atoms with Crippen molar-refractivity contribution in [2.45, 2.75) is 25.7 Å². The van der Waals surface area contributed by atoms with Crippen LogP contribution in [0.4, 0.5) is 0 Å². The fourth-order valence-corrected chi connectivity index (χ4v) is 2.44. The molecule has 0 spiro atoms. The summed E-state index contributed by atoms with van der Waals surface area (Å²) in [7, 11) is 0. The lowest BCUT2D eigenvalue weighted by molar-refractivity contribution is -0.149. The summed E-state index contributed by atoms with van der Waals surface area (Å²) >= 11 is 0. The molecule has 0 aromatic heterocycles. The zero-order chi connectivity index (χ0) is 12.5. The van der Waals surface area contributed by atoms with Crippen molar-refractivity contribution >= 4 is 17.7 Å². The average molecular weight is 235 g/mol. The van der Waals surface area contributed by atoms with Crippen LogP contribution in [0.25, 0.3) is 0 Å². The van der Waals surface area contributed by atoms with Crippen LogP contribution in [-0.4, -0.2) is 35.7 Å². The van der Waals surface area contributed by atoms with Crippen molar-refractivity contribution in [3.05, 3.63) is 0 Å². The van der Waals surface area contributed by atoms with Crippen molar-refractivity contribution in [2.24, 2.45) is 5.41 Å². The zero-order valence-electron chi connectivity index (χ0n) is 9.36. The lowest BCUT2D eigenvalue weighted by atomic mass is 9.86. The molecule has 3 amide bonds. The molecular formula is C11H13N3O3. The van der Waals surface area contributed by atoms with Gasteiger partial charge in [-0.3, -0.25) is 19.7 Å². The number of hydrogen-bond acceptors (Lipinski definition) is 4. The van der Waals surface area contributed by atoms with Crippen LogP contribution >= 0.6 is 0 Å². The van der Waals surface area contributed by atoms with Gasteiger partial charge in [0.2, 0.25) is 17.7 Å². The fourth-order valence-electron chi connectivity index (χ4n) is 2.44. The monoisotopic (exact) mass is 235 g/mol. The molecule has 1 aliphatic heterocycles. The predicted octanol–water partition coefficient (Wildman–Crippen LogP) is -0.445. The topological polar surface area (TPSA) is 90.3 Å². The van der Waals surface area contributed by atoms with E-state index in [1.165, 1.54) is 4.90 Å². The molecule has 90 valence electrons. The van der Waals surface area contributed by atoms with E-state index in [2.05, 4.69) is 11.4 Å². The minimum Gasteiger partial charge on any atom is -0.323 e. The number of carbonyl (C=O) groups excluding carboxylic acids is 3. The number of amides is 3. The molecule has 0 aromatic carbocycles. The van der Waals surface area contributed by atoms with Gasteiger partial charge < -0.3 is 4.90 Å². The summed E-state index contributed by atoms with van der Waals surface area (Å²) in [4.78, 5) is 35.8. The second-order valence-electron chi connectivity index (χ2n) is 4.53. The first-order chi connectivity index (χ1) is 8.07. The van der Waals surface area contributed by atoms with Gasteiger partial charge in [0.05, 0.1) is 6.07 Å². The standard InChI is InChI=1S/C11H13N3O3/c12-7-11(3-1-2-4-11)10(17)14-5-8(15)13-9(16)6-14/h1-6H2,(H,13,15,16). The average Bonchev–Trinajstić information content (AvgIpc) is 2.76. The summed E-state index contributed by atoms with van der Waals surface area (Å²) in [5.41, 5.74) is -1.02. The molecule has 0 atom stereocenters. The summed E-state index contributed by atoms with van der Waals surface area (Å²) in [6.07, 6.45) is 2.73. The third-order valence-electron chi connectivity index (χ3n) is 3.32. The van der Waals surface area contributed by atoms with Crippen LogP contribution in [0.15, 0.2) is 0 Å². The molecule has 0 bridgehead atoms. The van der Waals surface area contributed by atoms with Crippen LogP contribution in [0.1, 0.15) is 25.7 Å². The van der Waals surface area contributed by atoms with Gasteiger partial charge in [-0.1, -0.05) is 12.8 Å². The van der Waals surface area contributed by atoms with Gasteiger partial charge in [-0.05, 0) is 12.8 Å². The Morgan fingerprint density at radius 2 is 1.76 bits per heavy atom. The number of piperazine rings is 1. The van der Waals surface area contributed by atoms with E-state index in [0.717, 1.165) is 12.8 Å². The molecular weight excluding hydrogens is 222 g/mol. The van der Waals surface area contributed by atoms with E-state index in [1.54, 1.807) is 0 Å². The number of imide groups is 1. The molecule has 0 aromatic rings. The van der Waals surface area contributed by atoms with Crippen molar-refractivity contribution in [3.63, 3.8) is 0 Å². The predicted molar refractivity (Wildman–Crippen MR) is 56.2 cm³/mol. The maximum absolute atomic E-state index is 12.2. The Morgan fingerprint density at radius 3 is 2.24 bits per heavy atom. The first kappa shape index (κ1) is 11.6. The Labute approximate surface area is 98.6 Å². The second kappa shape index (κ2) is 4.17. The van der Waals surface area contributed by atoms with Crippen LogP contribution in [0.5, 0.6) is 0 Å². The van der Waals surface area contributed by atoms with Gasteiger partial charge in [0.15, 0.2) is 0 Å². The minimum absolute atomic E-state index is 0.131. The number of nitrogens with zero attached hydrogens (tertiary/aromatic N) is 2. The fraction of sp³-hybridized carbons (Fsp3) is 0.636. The van der Waals surface area contributed by atoms with Gasteiger partial charge in [-0.2, -0.15) is 5.26 Å². The first-order valence-corrected chi connectivity index (χ1v) is 5.61. The highest BCUT2D eigenvalue weighted by atomic mass is 16.2. The van der Waals surface area contributed by atoms with E-state index >= 15 is 0 Å². The summed E-state index contributed by atoms with van der Waals surface area (Å²) in [6, 6.07) is 2.07. The second-order valence-corrected chi connectivity index (χ2v) is 4.53. The van der Waals surface area contributed by atoms with Crippen LogP contribution in [0, 0.1) is 16.7 Å². The van der Waals surface area contributed by atoms with Crippen molar-refractivity contribution in [3.8, 4) is 6.07 Å². The molecule has 0 radical (unpaired) electrons. The van der Waals surface area contributed by atoms with Gasteiger partial charge in [-0.15, -0.1) is 0 Å². The molecule has 6 nitrogen and oxygen atoms in total. The third-order valence-corrected chi connectivity index (χ3v) is 3.32. The highest BCUT2D eigenvalue weighted by Gasteiger charge is 2.45. The highest BCUT2D eigenvalue weighted by molar-refractivity contribution is 6.03. The molecule has 6 heteroatoms. The molecule has 1 saturated carbocycles. The SMILES string of the molecule is N#CC1(C(=O)N2CC(=O)NC(=O)C2)CCCC1. The van der Waals surface area contributed by atoms with Crippen molar-refractivity contribution in [2.75, 3.05) is 13.1 Å². The van der Waals surface area contributed by atoms with E-state index in [1.807, 2.05) is 0 Å². The molecule has 2 rings (SSSR count). The Balaban J connectivity index is 2.17. The molecule has 2 aliphatic rings. The van der Waals surface area contributed by atoms with E-state index in [4.69, 9.17) is 5.26 Å². The first-order valence-electron chi connectivity index (χ1n) is 5.61. The molecule has 2 fully saturated rings. The zero-order valence-corrected chi connectivity index (χ0v) is 9.36. The van der Waals surface area contributed by atoms with E-state index in [-0.39, 0.29) is 19.0 Å². The summed E-state index contributed by atoms with van der Waals surface area (Å²) in [6.45, 7) is -0.262. The molecule has 1 aliphatic carbocycles. The minimum atomic E-state index is -1.02. The van der Waals surface area contributed by atoms with Crippen LogP contribution in [0.3, 0.4) is 0 Å². The lowest BCUT2D eigenvalue weighted by Gasteiger charge is -2.31. The maximum Gasteiger partial charge on any atom is 0.246 e. The van der Waals surface area contributed by atoms with Crippen LogP contribution < -0.4 is 5.32 Å². The van der Waals surface area contributed by atoms with Gasteiger partial charge in [0.25, 0.3) is 0 Å². The Bertz CT molecular complexity index is 402. The smallest absolute Gasteiger partial charge is 0.246 e. The quantitative estimate of drug-likeness (QED) is 0.623. The molecule has 1 heterocycles. The van der Waals surface area contributed by atoms with Crippen molar-refractivity contribution in [1.82, 2.24) is 10.2 Å². The summed E-state index contributed by atoms with van der Waals surface area (Å²) in [5.74, 6) is -1.35. The van der Waals surface area contributed by atoms with Crippen molar-refractivity contribution < 1.29 is 14.4 Å². The Kier molecular flexibility index (Phi) is 2.84. The number of hydrogen-bond donors (Lipinski definition) is 1. The van der Waals surface area contributed by atoms with Crippen LogP contribution in [-0.2, 0) is 14.4 Å². The van der Waals surface area contributed by atoms with Crippen LogP contribution in [0.2, 0.25) is 0 Å². The molecule has 17 heavy (non-hydrogen) atoms. The number of nitriles is 1. The lowest BCUT2D eigenvalue weighted by Crippen LogP contribution is -2.56. The van der Waals surface area contributed by atoms with Gasteiger partial charge in [0, 0.05) is 0 Å². The van der Waals surface area contributed by atoms with Gasteiger partial charge >= 0.3 is 0 Å². The Morgan fingerprint density at radius 1 is 1.24 bits per heavy atom. The van der Waals surface area contributed by atoms with Gasteiger partial charge in [-0.25, -0.2) is 0 Å². The normalized spacial score (nSPS) is 23.1. The van der Waals surface area contributed by atoms with E-state index < -0.39 is 17.2 Å². The number of carbonyl (C=O) groups is 3. The number of nitrogens with one attached hydrogen (secondary N) is 1. The summed E-state index contributed by atoms with van der Waals surface area (Å²) < 4.78 is 0. The molecule has 0 unspecified atom stereocenters. The maximum atomic E-state index is 12.2. The van der Waals surface area contributed by atoms with Crippen molar-refractivity contribution in [1.29, 1.82) is 5.26 Å². The molecule has 1 N–H and O–H groups in total. The third kappa shape index (κ3) is 2.00. The Hall–Kier alpha value is -1.90. The largest absolute Gasteiger partial charge is 0.323 e. The molecule has 1 saturated heterocycles. The highest BCUT2D eigenvalue weighted by Crippen LogP contribution is 2.39. The van der Waals surface area contributed by atoms with E-state index in [0.29, 0.717) is 12.8 Å². The van der Waals surface area contributed by atoms with E-state index in [9.17, 15) is 14.4 Å².